The fourth-order valence-electron chi connectivity index (χ4n) is 2.19. The predicted octanol–water partition coefficient (Wildman–Crippen LogP) is 3.57. The maximum atomic E-state index is 5.59. The molecular formula is C16H18N2O2. The highest BCUT2D eigenvalue weighted by Crippen LogP contribution is 2.25. The number of hydrogen-bond donors (Lipinski definition) is 1. The number of pyridine rings is 1. The number of aryl methyl sites for hydroxylation is 1. The van der Waals surface area contributed by atoms with Crippen LogP contribution in [0.5, 0.6) is 0 Å². The quantitative estimate of drug-likeness (QED) is 0.926. The first-order chi connectivity index (χ1) is 9.81. The molecule has 1 aromatic heterocycles. The smallest absolute Gasteiger partial charge is 0.183 e. The lowest BCUT2D eigenvalue weighted by Crippen LogP contribution is -2.17. The van der Waals surface area contributed by atoms with Gasteiger partial charge in [0.1, 0.15) is 0 Å². The van der Waals surface area contributed by atoms with Crippen LogP contribution in [0, 0.1) is 6.92 Å². The average molecular weight is 270 g/mol. The third-order valence-corrected chi connectivity index (χ3v) is 3.20. The Hall–Kier alpha value is -1.91. The molecule has 1 aliphatic rings. The zero-order valence-corrected chi connectivity index (χ0v) is 11.5. The van der Waals surface area contributed by atoms with Crippen LogP contribution in [0.1, 0.15) is 24.0 Å². The lowest BCUT2D eigenvalue weighted by Gasteiger charge is -2.23. The molecule has 2 aromatic rings. The Balaban J connectivity index is 1.69. The molecule has 1 N–H and O–H groups in total. The van der Waals surface area contributed by atoms with Crippen molar-refractivity contribution < 1.29 is 9.47 Å². The zero-order chi connectivity index (χ0) is 13.8. The molecule has 1 fully saturated rings. The molecule has 3 rings (SSSR count). The molecule has 20 heavy (non-hydrogen) atoms. The van der Waals surface area contributed by atoms with E-state index in [0.717, 1.165) is 42.3 Å². The highest BCUT2D eigenvalue weighted by molar-refractivity contribution is 5.59. The summed E-state index contributed by atoms with van der Waals surface area (Å²) in [6.07, 6.45) is 2.55. The highest BCUT2D eigenvalue weighted by Gasteiger charge is 2.15. The molecule has 0 radical (unpaired) electrons. The Labute approximate surface area is 118 Å². The Morgan fingerprint density at radius 1 is 1.05 bits per heavy atom. The van der Waals surface area contributed by atoms with Gasteiger partial charge in [-0.25, -0.2) is 0 Å². The number of hydrogen-bond acceptors (Lipinski definition) is 4. The second-order valence-corrected chi connectivity index (χ2v) is 4.86. The van der Waals surface area contributed by atoms with Crippen LogP contribution in [-0.2, 0) is 9.47 Å². The van der Waals surface area contributed by atoms with E-state index in [1.807, 2.05) is 43.3 Å². The van der Waals surface area contributed by atoms with E-state index in [9.17, 15) is 0 Å². The summed E-state index contributed by atoms with van der Waals surface area (Å²) < 4.78 is 11.2. The number of benzene rings is 1. The number of ether oxygens (including phenoxy) is 2. The fraction of sp³-hybridized carbons (Fsp3) is 0.312. The zero-order valence-electron chi connectivity index (χ0n) is 11.5. The van der Waals surface area contributed by atoms with Gasteiger partial charge >= 0.3 is 0 Å². The largest absolute Gasteiger partial charge is 0.355 e. The maximum Gasteiger partial charge on any atom is 0.183 e. The van der Waals surface area contributed by atoms with E-state index in [0.29, 0.717) is 0 Å². The van der Waals surface area contributed by atoms with Gasteiger partial charge in [-0.2, -0.15) is 0 Å². The van der Waals surface area contributed by atoms with Gasteiger partial charge in [-0.05, 0) is 37.6 Å². The first kappa shape index (κ1) is 13.1. The Morgan fingerprint density at radius 2 is 1.80 bits per heavy atom. The minimum Gasteiger partial charge on any atom is -0.355 e. The SMILES string of the molecule is Cc1cc(Nc2ccc(C3OCCCO3)cc2)ccn1. The van der Waals surface area contributed by atoms with Gasteiger partial charge < -0.3 is 14.8 Å². The molecule has 0 unspecified atom stereocenters. The molecule has 0 saturated carbocycles. The Morgan fingerprint density at radius 3 is 2.50 bits per heavy atom. The van der Waals surface area contributed by atoms with Crippen molar-refractivity contribution in [2.75, 3.05) is 18.5 Å². The highest BCUT2D eigenvalue weighted by atomic mass is 16.7. The van der Waals surface area contributed by atoms with Crippen molar-refractivity contribution in [3.05, 3.63) is 53.9 Å². The van der Waals surface area contributed by atoms with Gasteiger partial charge in [-0.1, -0.05) is 12.1 Å². The first-order valence-corrected chi connectivity index (χ1v) is 6.84. The lowest BCUT2D eigenvalue weighted by atomic mass is 10.2. The molecule has 0 atom stereocenters. The van der Waals surface area contributed by atoms with E-state index in [2.05, 4.69) is 10.3 Å². The molecule has 1 aromatic carbocycles. The molecule has 0 bridgehead atoms. The summed E-state index contributed by atoms with van der Waals surface area (Å²) in [6.45, 7) is 3.51. The van der Waals surface area contributed by atoms with E-state index in [4.69, 9.17) is 9.47 Å². The summed E-state index contributed by atoms with van der Waals surface area (Å²) >= 11 is 0. The van der Waals surface area contributed by atoms with Gasteiger partial charge in [0.2, 0.25) is 0 Å². The molecule has 0 spiro atoms. The second kappa shape index (κ2) is 6.03. The maximum absolute atomic E-state index is 5.59. The standard InChI is InChI=1S/C16H18N2O2/c1-12-11-15(7-8-17-12)18-14-5-3-13(4-6-14)16-19-9-2-10-20-16/h3-8,11,16H,2,9-10H2,1H3,(H,17,18). The summed E-state index contributed by atoms with van der Waals surface area (Å²) in [5.41, 5.74) is 4.13. The molecule has 0 aliphatic carbocycles. The number of rotatable bonds is 3. The minimum atomic E-state index is -0.221. The van der Waals surface area contributed by atoms with E-state index >= 15 is 0 Å². The van der Waals surface area contributed by atoms with Crippen molar-refractivity contribution in [3.63, 3.8) is 0 Å². The minimum absolute atomic E-state index is 0.221. The third-order valence-electron chi connectivity index (χ3n) is 3.20. The van der Waals surface area contributed by atoms with Crippen LogP contribution in [0.3, 0.4) is 0 Å². The molecule has 1 aliphatic heterocycles. The summed E-state index contributed by atoms with van der Waals surface area (Å²) in [5, 5.41) is 3.35. The molecule has 2 heterocycles. The summed E-state index contributed by atoms with van der Waals surface area (Å²) in [7, 11) is 0. The molecule has 104 valence electrons. The van der Waals surface area contributed by atoms with Crippen molar-refractivity contribution >= 4 is 11.4 Å². The average Bonchev–Trinajstić information content (AvgIpc) is 2.49. The summed E-state index contributed by atoms with van der Waals surface area (Å²) in [5.74, 6) is 0. The van der Waals surface area contributed by atoms with Crippen LogP contribution in [0.25, 0.3) is 0 Å². The molecular weight excluding hydrogens is 252 g/mol. The van der Waals surface area contributed by atoms with Crippen molar-refractivity contribution in [1.82, 2.24) is 4.98 Å². The van der Waals surface area contributed by atoms with Crippen molar-refractivity contribution in [3.8, 4) is 0 Å². The Bertz CT molecular complexity index is 563. The lowest BCUT2D eigenvalue weighted by molar-refractivity contribution is -0.183. The van der Waals surface area contributed by atoms with Gasteiger partial charge in [-0.15, -0.1) is 0 Å². The first-order valence-electron chi connectivity index (χ1n) is 6.84. The number of anilines is 2. The summed E-state index contributed by atoms with van der Waals surface area (Å²) in [6, 6.07) is 12.1. The Kier molecular flexibility index (Phi) is 3.95. The fourth-order valence-corrected chi connectivity index (χ4v) is 2.19. The predicted molar refractivity (Wildman–Crippen MR) is 78.0 cm³/mol. The number of nitrogens with zero attached hydrogens (tertiary/aromatic N) is 1. The van der Waals surface area contributed by atoms with Crippen molar-refractivity contribution in [2.24, 2.45) is 0 Å². The molecule has 0 amide bonds. The van der Waals surface area contributed by atoms with Gasteiger partial charge in [0.05, 0.1) is 13.2 Å². The summed E-state index contributed by atoms with van der Waals surface area (Å²) in [4.78, 5) is 4.18. The molecule has 1 saturated heterocycles. The normalized spacial score (nSPS) is 16.1. The third kappa shape index (κ3) is 3.15. The van der Waals surface area contributed by atoms with Crippen LogP contribution in [0.15, 0.2) is 42.6 Å². The van der Waals surface area contributed by atoms with Crippen LogP contribution < -0.4 is 5.32 Å². The van der Waals surface area contributed by atoms with Crippen LogP contribution in [-0.4, -0.2) is 18.2 Å². The van der Waals surface area contributed by atoms with E-state index < -0.39 is 0 Å². The molecule has 4 nitrogen and oxygen atoms in total. The van der Waals surface area contributed by atoms with Gasteiger partial charge in [-0.3, -0.25) is 4.98 Å². The van der Waals surface area contributed by atoms with Gasteiger partial charge in [0.25, 0.3) is 0 Å². The van der Waals surface area contributed by atoms with Crippen molar-refractivity contribution in [1.29, 1.82) is 0 Å². The van der Waals surface area contributed by atoms with E-state index in [-0.39, 0.29) is 6.29 Å². The van der Waals surface area contributed by atoms with Gasteiger partial charge in [0, 0.05) is 28.8 Å². The van der Waals surface area contributed by atoms with Gasteiger partial charge in [0.15, 0.2) is 6.29 Å². The monoisotopic (exact) mass is 270 g/mol. The second-order valence-electron chi connectivity index (χ2n) is 4.86. The van der Waals surface area contributed by atoms with Crippen LogP contribution >= 0.6 is 0 Å². The topological polar surface area (TPSA) is 43.4 Å². The van der Waals surface area contributed by atoms with E-state index in [1.54, 1.807) is 6.20 Å². The van der Waals surface area contributed by atoms with Crippen LogP contribution in [0.2, 0.25) is 0 Å². The number of nitrogens with one attached hydrogen (secondary N) is 1. The molecule has 4 heteroatoms. The van der Waals surface area contributed by atoms with E-state index in [1.165, 1.54) is 0 Å². The number of aromatic nitrogens is 1. The van der Waals surface area contributed by atoms with Crippen LogP contribution in [0.4, 0.5) is 11.4 Å². The van der Waals surface area contributed by atoms with Crippen molar-refractivity contribution in [2.45, 2.75) is 19.6 Å².